The van der Waals surface area contributed by atoms with Gasteiger partial charge in [0.25, 0.3) is 0 Å². The molecule has 2 atom stereocenters. The molecule has 2 unspecified atom stereocenters. The highest BCUT2D eigenvalue weighted by atomic mass is 32.1. The van der Waals surface area contributed by atoms with Gasteiger partial charge in [-0.25, -0.2) is 4.98 Å². The van der Waals surface area contributed by atoms with E-state index in [1.54, 1.807) is 11.3 Å². The summed E-state index contributed by atoms with van der Waals surface area (Å²) in [5, 5.41) is 1.10. The minimum atomic E-state index is -0.122. The van der Waals surface area contributed by atoms with Gasteiger partial charge in [-0.05, 0) is 33.1 Å². The Labute approximate surface area is 126 Å². The molecule has 5 heteroatoms. The van der Waals surface area contributed by atoms with Gasteiger partial charge in [-0.15, -0.1) is 11.3 Å². The number of ether oxygens (including phenoxy) is 1. The van der Waals surface area contributed by atoms with E-state index in [-0.39, 0.29) is 11.7 Å². The van der Waals surface area contributed by atoms with Crippen molar-refractivity contribution in [1.82, 2.24) is 4.98 Å². The summed E-state index contributed by atoms with van der Waals surface area (Å²) in [5.74, 6) is 0.477. The standard InChI is InChI=1S/C15H27N3OS/c1-6-10(2)13-12(7-16)20-14(17-13)18-8-11(3)19-15(4,5)9-18/h10-11H,6-9,16H2,1-5H3. The van der Waals surface area contributed by atoms with Crippen LogP contribution in [0.15, 0.2) is 0 Å². The zero-order chi connectivity index (χ0) is 14.9. The van der Waals surface area contributed by atoms with Crippen molar-refractivity contribution >= 4 is 16.5 Å². The summed E-state index contributed by atoms with van der Waals surface area (Å²) >= 11 is 1.75. The van der Waals surface area contributed by atoms with Crippen LogP contribution < -0.4 is 10.6 Å². The summed E-state index contributed by atoms with van der Waals surface area (Å²) in [6.07, 6.45) is 1.33. The minimum Gasteiger partial charge on any atom is -0.369 e. The van der Waals surface area contributed by atoms with Gasteiger partial charge in [0.05, 0.1) is 17.4 Å². The first-order valence-electron chi connectivity index (χ1n) is 7.48. The van der Waals surface area contributed by atoms with Crippen LogP contribution in [-0.2, 0) is 11.3 Å². The minimum absolute atomic E-state index is 0.122. The van der Waals surface area contributed by atoms with Crippen LogP contribution in [0, 0.1) is 0 Å². The third kappa shape index (κ3) is 3.32. The zero-order valence-corrected chi connectivity index (χ0v) is 14.1. The number of nitrogens with zero attached hydrogens (tertiary/aromatic N) is 2. The van der Waals surface area contributed by atoms with Crippen LogP contribution in [0.5, 0.6) is 0 Å². The van der Waals surface area contributed by atoms with Crippen molar-refractivity contribution in [2.24, 2.45) is 5.73 Å². The maximum absolute atomic E-state index is 5.97. The molecule has 0 saturated carbocycles. The summed E-state index contributed by atoms with van der Waals surface area (Å²) in [6.45, 7) is 13.2. The van der Waals surface area contributed by atoms with E-state index in [0.29, 0.717) is 12.5 Å². The lowest BCUT2D eigenvalue weighted by Gasteiger charge is -2.41. The summed E-state index contributed by atoms with van der Waals surface area (Å²) < 4.78 is 5.97. The molecule has 0 radical (unpaired) electrons. The van der Waals surface area contributed by atoms with E-state index >= 15 is 0 Å². The number of anilines is 1. The third-order valence-corrected chi connectivity index (χ3v) is 4.97. The maximum Gasteiger partial charge on any atom is 0.186 e. The van der Waals surface area contributed by atoms with Crippen molar-refractivity contribution in [3.8, 4) is 0 Å². The maximum atomic E-state index is 5.97. The summed E-state index contributed by atoms with van der Waals surface area (Å²) in [4.78, 5) is 8.46. The van der Waals surface area contributed by atoms with Gasteiger partial charge in [-0.2, -0.15) is 0 Å². The first-order valence-corrected chi connectivity index (χ1v) is 8.30. The molecule has 20 heavy (non-hydrogen) atoms. The molecule has 1 fully saturated rings. The van der Waals surface area contributed by atoms with Crippen LogP contribution in [0.25, 0.3) is 0 Å². The lowest BCUT2D eigenvalue weighted by Crippen LogP contribution is -2.52. The van der Waals surface area contributed by atoms with E-state index < -0.39 is 0 Å². The van der Waals surface area contributed by atoms with Crippen molar-refractivity contribution in [3.05, 3.63) is 10.6 Å². The van der Waals surface area contributed by atoms with E-state index in [4.69, 9.17) is 15.5 Å². The highest BCUT2D eigenvalue weighted by Crippen LogP contribution is 2.34. The molecule has 2 rings (SSSR count). The Morgan fingerprint density at radius 2 is 2.25 bits per heavy atom. The van der Waals surface area contributed by atoms with Crippen molar-refractivity contribution in [1.29, 1.82) is 0 Å². The molecule has 2 N–H and O–H groups in total. The van der Waals surface area contributed by atoms with Gasteiger partial charge in [0.15, 0.2) is 5.13 Å². The Kier molecular flexibility index (Phi) is 4.72. The molecule has 0 spiro atoms. The Balaban J connectivity index is 2.26. The number of thiazole rings is 1. The summed E-state index contributed by atoms with van der Waals surface area (Å²) in [5.41, 5.74) is 6.96. The van der Waals surface area contributed by atoms with Crippen molar-refractivity contribution in [2.75, 3.05) is 18.0 Å². The molecule has 0 aliphatic carbocycles. The van der Waals surface area contributed by atoms with Crippen molar-refractivity contribution in [3.63, 3.8) is 0 Å². The first kappa shape index (κ1) is 15.7. The SMILES string of the molecule is CCC(C)c1nc(N2CC(C)OC(C)(C)C2)sc1CN. The average molecular weight is 297 g/mol. The molecule has 0 aromatic carbocycles. The second-order valence-corrected chi connectivity index (χ2v) is 7.45. The monoisotopic (exact) mass is 297 g/mol. The molecular formula is C15H27N3OS. The number of nitrogens with two attached hydrogens (primary N) is 1. The normalized spacial score (nSPS) is 23.9. The predicted molar refractivity (Wildman–Crippen MR) is 85.6 cm³/mol. The largest absolute Gasteiger partial charge is 0.369 e. The Morgan fingerprint density at radius 1 is 1.55 bits per heavy atom. The van der Waals surface area contributed by atoms with Gasteiger partial charge in [0.1, 0.15) is 0 Å². The summed E-state index contributed by atoms with van der Waals surface area (Å²) in [6, 6.07) is 0. The van der Waals surface area contributed by atoms with Gasteiger partial charge in [-0.3, -0.25) is 0 Å². The number of morpholine rings is 1. The Bertz CT molecular complexity index is 458. The van der Waals surface area contributed by atoms with Crippen molar-refractivity contribution < 1.29 is 4.74 Å². The van der Waals surface area contributed by atoms with Gasteiger partial charge < -0.3 is 15.4 Å². The molecule has 1 aromatic heterocycles. The number of hydrogen-bond acceptors (Lipinski definition) is 5. The third-order valence-electron chi connectivity index (χ3n) is 3.82. The van der Waals surface area contributed by atoms with E-state index in [1.807, 2.05) is 0 Å². The Morgan fingerprint density at radius 3 is 2.80 bits per heavy atom. The van der Waals surface area contributed by atoms with E-state index in [2.05, 4.69) is 39.5 Å². The predicted octanol–water partition coefficient (Wildman–Crippen LogP) is 3.12. The molecule has 1 aromatic rings. The highest BCUT2D eigenvalue weighted by molar-refractivity contribution is 7.15. The van der Waals surface area contributed by atoms with E-state index in [0.717, 1.165) is 24.6 Å². The molecule has 2 heterocycles. The van der Waals surface area contributed by atoms with Gasteiger partial charge in [-0.1, -0.05) is 13.8 Å². The lowest BCUT2D eigenvalue weighted by atomic mass is 10.0. The van der Waals surface area contributed by atoms with Crippen LogP contribution >= 0.6 is 11.3 Å². The van der Waals surface area contributed by atoms with Gasteiger partial charge in [0.2, 0.25) is 0 Å². The highest BCUT2D eigenvalue weighted by Gasteiger charge is 2.33. The molecule has 114 valence electrons. The topological polar surface area (TPSA) is 51.4 Å². The van der Waals surface area contributed by atoms with E-state index in [9.17, 15) is 0 Å². The smallest absolute Gasteiger partial charge is 0.186 e. The number of aromatic nitrogens is 1. The lowest BCUT2D eigenvalue weighted by molar-refractivity contribution is -0.0749. The van der Waals surface area contributed by atoms with Gasteiger partial charge in [0, 0.05) is 24.5 Å². The van der Waals surface area contributed by atoms with Gasteiger partial charge >= 0.3 is 0 Å². The Hall–Kier alpha value is -0.650. The van der Waals surface area contributed by atoms with Crippen LogP contribution in [-0.4, -0.2) is 29.8 Å². The molecule has 4 nitrogen and oxygen atoms in total. The molecule has 1 aliphatic rings. The van der Waals surface area contributed by atoms with Crippen LogP contribution in [0.1, 0.15) is 57.5 Å². The zero-order valence-electron chi connectivity index (χ0n) is 13.3. The molecule has 1 saturated heterocycles. The van der Waals surface area contributed by atoms with Crippen LogP contribution in [0.4, 0.5) is 5.13 Å². The number of hydrogen-bond donors (Lipinski definition) is 1. The number of rotatable bonds is 4. The molecule has 0 amide bonds. The van der Waals surface area contributed by atoms with Crippen LogP contribution in [0.3, 0.4) is 0 Å². The quantitative estimate of drug-likeness (QED) is 0.927. The second-order valence-electron chi connectivity index (χ2n) is 6.39. The first-order chi connectivity index (χ1) is 9.36. The van der Waals surface area contributed by atoms with E-state index in [1.165, 1.54) is 10.6 Å². The fraction of sp³-hybridized carbons (Fsp3) is 0.800. The average Bonchev–Trinajstić information content (AvgIpc) is 2.79. The summed E-state index contributed by atoms with van der Waals surface area (Å²) in [7, 11) is 0. The van der Waals surface area contributed by atoms with Crippen LogP contribution in [0.2, 0.25) is 0 Å². The molecule has 1 aliphatic heterocycles. The fourth-order valence-electron chi connectivity index (χ4n) is 2.81. The van der Waals surface area contributed by atoms with Crippen molar-refractivity contribution in [2.45, 2.75) is 65.2 Å². The second kappa shape index (κ2) is 6.00. The fourth-order valence-corrected chi connectivity index (χ4v) is 3.88. The molecular weight excluding hydrogens is 270 g/mol. The molecule has 0 bridgehead atoms.